The first kappa shape index (κ1) is 16.7. The van der Waals surface area contributed by atoms with Crippen molar-refractivity contribution >= 4 is 21.6 Å². The van der Waals surface area contributed by atoms with E-state index in [4.69, 9.17) is 17.3 Å². The average molecular weight is 331 g/mol. The molecule has 0 radical (unpaired) electrons. The van der Waals surface area contributed by atoms with Gasteiger partial charge < -0.3 is 5.73 Å². The molecule has 0 spiro atoms. The van der Waals surface area contributed by atoms with Crippen LogP contribution in [0.5, 0.6) is 0 Å². The summed E-state index contributed by atoms with van der Waals surface area (Å²) in [6.45, 7) is 4.78. The molecule has 4 nitrogen and oxygen atoms in total. The van der Waals surface area contributed by atoms with Gasteiger partial charge in [-0.25, -0.2) is 13.1 Å². The normalized spacial score (nSPS) is 19.6. The highest BCUT2D eigenvalue weighted by Gasteiger charge is 2.30. The maximum Gasteiger partial charge on any atom is 0.242 e. The van der Waals surface area contributed by atoms with E-state index in [1.165, 1.54) is 6.07 Å². The Morgan fingerprint density at radius 3 is 2.48 bits per heavy atom. The quantitative estimate of drug-likeness (QED) is 0.891. The summed E-state index contributed by atoms with van der Waals surface area (Å²) in [5.74, 6) is 0. The van der Waals surface area contributed by atoms with Gasteiger partial charge >= 0.3 is 0 Å². The number of nitrogens with two attached hydrogens (primary N) is 1. The first-order valence-corrected chi connectivity index (χ1v) is 9.10. The Hall–Kier alpha value is -0.620. The summed E-state index contributed by atoms with van der Waals surface area (Å²) in [7, 11) is -3.58. The Kier molecular flexibility index (Phi) is 4.98. The topological polar surface area (TPSA) is 72.2 Å². The van der Waals surface area contributed by atoms with Gasteiger partial charge in [0.15, 0.2) is 0 Å². The molecule has 118 valence electrons. The van der Waals surface area contributed by atoms with Crippen LogP contribution in [0.4, 0.5) is 0 Å². The van der Waals surface area contributed by atoms with E-state index < -0.39 is 10.0 Å². The zero-order chi connectivity index (χ0) is 15.7. The van der Waals surface area contributed by atoms with Gasteiger partial charge in [-0.15, -0.1) is 0 Å². The monoisotopic (exact) mass is 330 g/mol. The molecule has 1 aliphatic rings. The fourth-order valence-electron chi connectivity index (χ4n) is 2.69. The van der Waals surface area contributed by atoms with Gasteiger partial charge in [0, 0.05) is 12.6 Å². The lowest BCUT2D eigenvalue weighted by molar-refractivity contribution is 0.218. The number of sulfonamides is 1. The lowest BCUT2D eigenvalue weighted by Crippen LogP contribution is -2.39. The first-order valence-electron chi connectivity index (χ1n) is 7.24. The summed E-state index contributed by atoms with van der Waals surface area (Å²) in [5, 5.41) is 0.224. The van der Waals surface area contributed by atoms with E-state index in [9.17, 15) is 8.42 Å². The van der Waals surface area contributed by atoms with Crippen LogP contribution < -0.4 is 10.5 Å². The second kappa shape index (κ2) is 6.24. The molecule has 0 amide bonds. The Labute approximate surface area is 132 Å². The molecule has 0 unspecified atom stereocenters. The second-order valence-electron chi connectivity index (χ2n) is 6.53. The molecular weight excluding hydrogens is 308 g/mol. The predicted octanol–water partition coefficient (Wildman–Crippen LogP) is 3.05. The smallest absolute Gasteiger partial charge is 0.242 e. The van der Waals surface area contributed by atoms with Crippen LogP contribution in [-0.2, 0) is 16.6 Å². The number of hydrogen-bond donors (Lipinski definition) is 2. The van der Waals surface area contributed by atoms with Crippen molar-refractivity contribution in [1.29, 1.82) is 0 Å². The molecular formula is C15H23ClN2O2S. The van der Waals surface area contributed by atoms with Crippen molar-refractivity contribution < 1.29 is 8.42 Å². The second-order valence-corrected chi connectivity index (χ2v) is 8.62. The van der Waals surface area contributed by atoms with Crippen molar-refractivity contribution in [2.24, 2.45) is 11.1 Å². The summed E-state index contributed by atoms with van der Waals surface area (Å²) < 4.78 is 27.7. The summed E-state index contributed by atoms with van der Waals surface area (Å²) in [5.41, 5.74) is 6.65. The summed E-state index contributed by atoms with van der Waals surface area (Å²) in [6.07, 6.45) is 3.79. The molecule has 2 rings (SSSR count). The summed E-state index contributed by atoms with van der Waals surface area (Å²) in [6, 6.07) is 4.83. The molecule has 0 saturated heterocycles. The van der Waals surface area contributed by atoms with Crippen molar-refractivity contribution in [2.75, 3.05) is 0 Å². The van der Waals surface area contributed by atoms with E-state index in [0.29, 0.717) is 12.0 Å². The SMILES string of the molecule is CC1(C)CCC(NS(=O)(=O)c2ccc(CN)cc2Cl)CC1. The third-order valence-electron chi connectivity index (χ3n) is 4.18. The van der Waals surface area contributed by atoms with E-state index in [0.717, 1.165) is 31.2 Å². The Morgan fingerprint density at radius 2 is 1.95 bits per heavy atom. The lowest BCUT2D eigenvalue weighted by Gasteiger charge is -2.34. The van der Waals surface area contributed by atoms with Crippen LogP contribution in [0.2, 0.25) is 5.02 Å². The van der Waals surface area contributed by atoms with E-state index in [1.54, 1.807) is 12.1 Å². The highest BCUT2D eigenvalue weighted by atomic mass is 35.5. The van der Waals surface area contributed by atoms with Crippen LogP contribution in [0, 0.1) is 5.41 Å². The molecule has 21 heavy (non-hydrogen) atoms. The standard InChI is InChI=1S/C15H23ClN2O2S/c1-15(2)7-5-12(6-8-15)18-21(19,20)14-4-3-11(10-17)9-13(14)16/h3-4,9,12,18H,5-8,10,17H2,1-2H3. The van der Waals surface area contributed by atoms with Crippen molar-refractivity contribution in [3.05, 3.63) is 28.8 Å². The van der Waals surface area contributed by atoms with Gasteiger partial charge in [0.25, 0.3) is 0 Å². The van der Waals surface area contributed by atoms with E-state index >= 15 is 0 Å². The minimum absolute atomic E-state index is 0.00623. The van der Waals surface area contributed by atoms with Gasteiger partial charge in [-0.2, -0.15) is 0 Å². The van der Waals surface area contributed by atoms with Crippen molar-refractivity contribution in [3.8, 4) is 0 Å². The van der Waals surface area contributed by atoms with Gasteiger partial charge in [0.2, 0.25) is 10.0 Å². The van der Waals surface area contributed by atoms with Crippen molar-refractivity contribution in [2.45, 2.75) is 57.0 Å². The number of halogens is 1. The Morgan fingerprint density at radius 1 is 1.33 bits per heavy atom. The summed E-state index contributed by atoms with van der Waals surface area (Å²) >= 11 is 6.08. The van der Waals surface area contributed by atoms with Crippen LogP contribution >= 0.6 is 11.6 Å². The highest BCUT2D eigenvalue weighted by Crippen LogP contribution is 2.35. The molecule has 3 N–H and O–H groups in total. The maximum absolute atomic E-state index is 12.5. The third kappa shape index (κ3) is 4.19. The van der Waals surface area contributed by atoms with Crippen molar-refractivity contribution in [1.82, 2.24) is 4.72 Å². The number of hydrogen-bond acceptors (Lipinski definition) is 3. The van der Waals surface area contributed by atoms with Crippen LogP contribution in [0.15, 0.2) is 23.1 Å². The predicted molar refractivity (Wildman–Crippen MR) is 85.7 cm³/mol. The zero-order valence-corrected chi connectivity index (χ0v) is 14.1. The van der Waals surface area contributed by atoms with Gasteiger partial charge in [-0.3, -0.25) is 0 Å². The van der Waals surface area contributed by atoms with Crippen LogP contribution in [0.25, 0.3) is 0 Å². The summed E-state index contributed by atoms with van der Waals surface area (Å²) in [4.78, 5) is 0.131. The van der Waals surface area contributed by atoms with E-state index in [-0.39, 0.29) is 16.0 Å². The van der Waals surface area contributed by atoms with E-state index in [1.807, 2.05) is 0 Å². The van der Waals surface area contributed by atoms with Crippen LogP contribution in [-0.4, -0.2) is 14.5 Å². The maximum atomic E-state index is 12.5. The molecule has 1 aliphatic carbocycles. The van der Waals surface area contributed by atoms with Gasteiger partial charge in [-0.1, -0.05) is 31.5 Å². The first-order chi connectivity index (χ1) is 9.73. The minimum Gasteiger partial charge on any atom is -0.326 e. The molecule has 1 aromatic rings. The molecule has 0 atom stereocenters. The Bertz CT molecular complexity index is 604. The minimum atomic E-state index is -3.58. The fraction of sp³-hybridized carbons (Fsp3) is 0.600. The zero-order valence-electron chi connectivity index (χ0n) is 12.5. The molecule has 0 bridgehead atoms. The van der Waals surface area contributed by atoms with Crippen molar-refractivity contribution in [3.63, 3.8) is 0 Å². The largest absolute Gasteiger partial charge is 0.326 e. The van der Waals surface area contributed by atoms with Crippen LogP contribution in [0.1, 0.15) is 45.1 Å². The molecule has 1 aromatic carbocycles. The number of rotatable bonds is 4. The Balaban J connectivity index is 2.12. The lowest BCUT2D eigenvalue weighted by atomic mass is 9.76. The number of nitrogens with one attached hydrogen (secondary N) is 1. The van der Waals surface area contributed by atoms with Gasteiger partial charge in [0.05, 0.1) is 5.02 Å². The molecule has 6 heteroatoms. The third-order valence-corrected chi connectivity index (χ3v) is 6.19. The van der Waals surface area contributed by atoms with Gasteiger partial charge in [0.1, 0.15) is 4.90 Å². The van der Waals surface area contributed by atoms with Crippen LogP contribution in [0.3, 0.4) is 0 Å². The average Bonchev–Trinajstić information content (AvgIpc) is 2.40. The molecule has 1 saturated carbocycles. The highest BCUT2D eigenvalue weighted by molar-refractivity contribution is 7.89. The fourth-order valence-corrected chi connectivity index (χ4v) is 4.56. The molecule has 1 fully saturated rings. The molecule has 0 aromatic heterocycles. The molecule has 0 heterocycles. The number of benzene rings is 1. The molecule has 0 aliphatic heterocycles. The van der Waals surface area contributed by atoms with E-state index in [2.05, 4.69) is 18.6 Å². The van der Waals surface area contributed by atoms with Gasteiger partial charge in [-0.05, 0) is 48.8 Å².